The maximum absolute atomic E-state index is 12.0. The zero-order valence-electron chi connectivity index (χ0n) is 14.3. The number of halogens is 1. The zero-order valence-corrected chi connectivity index (χ0v) is 15.9. The highest BCUT2D eigenvalue weighted by atomic mass is 35.5. The number of thiophene rings is 1. The number of carbonyl (C=O) groups is 1. The molecule has 3 nitrogen and oxygen atoms in total. The van der Waals surface area contributed by atoms with Crippen LogP contribution in [-0.2, 0) is 30.8 Å². The molecule has 3 rings (SSSR count). The molecule has 130 valence electrons. The van der Waals surface area contributed by atoms with Crippen molar-refractivity contribution in [3.63, 3.8) is 0 Å². The minimum absolute atomic E-state index is 0. The molecule has 0 saturated carbocycles. The lowest BCUT2D eigenvalue weighted by molar-refractivity contribution is -0.121. The summed E-state index contributed by atoms with van der Waals surface area (Å²) in [6.45, 7) is 6.83. The van der Waals surface area contributed by atoms with Gasteiger partial charge in [-0.2, -0.15) is 0 Å². The van der Waals surface area contributed by atoms with Gasteiger partial charge in [0.15, 0.2) is 0 Å². The summed E-state index contributed by atoms with van der Waals surface area (Å²) < 4.78 is 0. The predicted molar refractivity (Wildman–Crippen MR) is 103 cm³/mol. The van der Waals surface area contributed by atoms with Gasteiger partial charge in [0.1, 0.15) is 0 Å². The van der Waals surface area contributed by atoms with E-state index in [-0.39, 0.29) is 18.3 Å². The quantitative estimate of drug-likeness (QED) is 0.812. The van der Waals surface area contributed by atoms with Gasteiger partial charge >= 0.3 is 0 Å². The van der Waals surface area contributed by atoms with Crippen LogP contribution in [-0.4, -0.2) is 5.91 Å². The van der Waals surface area contributed by atoms with Crippen molar-refractivity contribution in [2.75, 3.05) is 0 Å². The van der Waals surface area contributed by atoms with Crippen molar-refractivity contribution >= 4 is 29.7 Å². The second-order valence-corrected chi connectivity index (χ2v) is 7.74. The van der Waals surface area contributed by atoms with Crippen LogP contribution in [0.1, 0.15) is 44.8 Å². The SMILES string of the molecule is Cc1cc(CCCC(=O)NCc2ccc3c(c2)CNC3)c(C)s1.Cl. The first-order chi connectivity index (χ1) is 11.1. The second kappa shape index (κ2) is 8.65. The van der Waals surface area contributed by atoms with Gasteiger partial charge in [0.2, 0.25) is 5.91 Å². The topological polar surface area (TPSA) is 41.1 Å². The molecular formula is C19H25ClN2OS. The smallest absolute Gasteiger partial charge is 0.220 e. The van der Waals surface area contributed by atoms with Crippen LogP contribution in [0, 0.1) is 13.8 Å². The Morgan fingerprint density at radius 3 is 2.75 bits per heavy atom. The molecule has 1 amide bonds. The summed E-state index contributed by atoms with van der Waals surface area (Å²) in [7, 11) is 0. The fourth-order valence-corrected chi connectivity index (χ4v) is 4.09. The molecule has 0 atom stereocenters. The van der Waals surface area contributed by atoms with Crippen LogP contribution in [0.5, 0.6) is 0 Å². The first-order valence-electron chi connectivity index (χ1n) is 8.26. The lowest BCUT2D eigenvalue weighted by atomic mass is 10.1. The molecule has 1 aliphatic rings. The summed E-state index contributed by atoms with van der Waals surface area (Å²) in [5.74, 6) is 0.147. The number of amides is 1. The molecule has 5 heteroatoms. The number of aryl methyl sites for hydroxylation is 3. The Balaban J connectivity index is 0.00000208. The van der Waals surface area contributed by atoms with Gasteiger partial charge in [0.25, 0.3) is 0 Å². The van der Waals surface area contributed by atoms with Gasteiger partial charge in [-0.05, 0) is 55.0 Å². The minimum atomic E-state index is 0. The molecule has 2 aromatic rings. The molecule has 1 aliphatic heterocycles. The molecule has 0 radical (unpaired) electrons. The first-order valence-corrected chi connectivity index (χ1v) is 9.07. The van der Waals surface area contributed by atoms with Crippen LogP contribution in [0.4, 0.5) is 0 Å². The molecule has 0 fully saturated rings. The fourth-order valence-electron chi connectivity index (χ4n) is 3.12. The van der Waals surface area contributed by atoms with Crippen LogP contribution in [0.3, 0.4) is 0 Å². The number of hydrogen-bond acceptors (Lipinski definition) is 3. The highest BCUT2D eigenvalue weighted by Crippen LogP contribution is 2.22. The van der Waals surface area contributed by atoms with E-state index in [1.807, 2.05) is 11.3 Å². The average Bonchev–Trinajstić information content (AvgIpc) is 3.11. The van der Waals surface area contributed by atoms with E-state index in [0.29, 0.717) is 13.0 Å². The van der Waals surface area contributed by atoms with Crippen molar-refractivity contribution in [3.05, 3.63) is 56.3 Å². The van der Waals surface area contributed by atoms with Crippen LogP contribution in [0.15, 0.2) is 24.3 Å². The first kappa shape index (κ1) is 19.0. The van der Waals surface area contributed by atoms with E-state index in [4.69, 9.17) is 0 Å². The Labute approximate surface area is 154 Å². The van der Waals surface area contributed by atoms with E-state index in [2.05, 4.69) is 48.7 Å². The molecule has 1 aromatic heterocycles. The van der Waals surface area contributed by atoms with Gasteiger partial charge in [-0.25, -0.2) is 0 Å². The van der Waals surface area contributed by atoms with Gasteiger partial charge in [0, 0.05) is 35.8 Å². The summed E-state index contributed by atoms with van der Waals surface area (Å²) >= 11 is 1.84. The zero-order chi connectivity index (χ0) is 16.2. The molecule has 2 N–H and O–H groups in total. The Morgan fingerprint density at radius 1 is 1.21 bits per heavy atom. The Morgan fingerprint density at radius 2 is 2.00 bits per heavy atom. The highest BCUT2D eigenvalue weighted by Gasteiger charge is 2.10. The third kappa shape index (κ3) is 4.82. The van der Waals surface area contributed by atoms with Crippen LogP contribution in [0.25, 0.3) is 0 Å². The number of nitrogens with one attached hydrogen (secondary N) is 2. The number of hydrogen-bond donors (Lipinski definition) is 2. The Bertz CT molecular complexity index is 711. The summed E-state index contributed by atoms with van der Waals surface area (Å²) in [6.07, 6.45) is 2.51. The molecule has 0 spiro atoms. The van der Waals surface area contributed by atoms with Gasteiger partial charge in [-0.15, -0.1) is 23.7 Å². The van der Waals surface area contributed by atoms with Crippen LogP contribution >= 0.6 is 23.7 Å². The van der Waals surface area contributed by atoms with Crippen molar-refractivity contribution in [1.29, 1.82) is 0 Å². The third-order valence-electron chi connectivity index (χ3n) is 4.38. The molecule has 0 aliphatic carbocycles. The summed E-state index contributed by atoms with van der Waals surface area (Å²) in [4.78, 5) is 14.7. The van der Waals surface area contributed by atoms with Crippen molar-refractivity contribution in [3.8, 4) is 0 Å². The van der Waals surface area contributed by atoms with E-state index >= 15 is 0 Å². The summed E-state index contributed by atoms with van der Waals surface area (Å²) in [5.41, 5.74) is 5.32. The van der Waals surface area contributed by atoms with Crippen molar-refractivity contribution < 1.29 is 4.79 Å². The second-order valence-electron chi connectivity index (χ2n) is 6.28. The Hall–Kier alpha value is -1.36. The van der Waals surface area contributed by atoms with Crippen LogP contribution < -0.4 is 10.6 Å². The van der Waals surface area contributed by atoms with Gasteiger partial charge < -0.3 is 10.6 Å². The normalized spacial score (nSPS) is 12.6. The third-order valence-corrected chi connectivity index (χ3v) is 5.39. The van der Waals surface area contributed by atoms with Crippen LogP contribution in [0.2, 0.25) is 0 Å². The lowest BCUT2D eigenvalue weighted by Gasteiger charge is -2.07. The number of benzene rings is 1. The van der Waals surface area contributed by atoms with Gasteiger partial charge in [0.05, 0.1) is 0 Å². The molecule has 0 bridgehead atoms. The van der Waals surface area contributed by atoms with Crippen molar-refractivity contribution in [1.82, 2.24) is 10.6 Å². The maximum Gasteiger partial charge on any atom is 0.220 e. The molecule has 24 heavy (non-hydrogen) atoms. The van der Waals surface area contributed by atoms with Crippen molar-refractivity contribution in [2.45, 2.75) is 52.7 Å². The van der Waals surface area contributed by atoms with E-state index < -0.39 is 0 Å². The maximum atomic E-state index is 12.0. The number of rotatable bonds is 6. The summed E-state index contributed by atoms with van der Waals surface area (Å²) in [6, 6.07) is 8.73. The Kier molecular flexibility index (Phi) is 6.84. The monoisotopic (exact) mass is 364 g/mol. The van der Waals surface area contributed by atoms with Crippen molar-refractivity contribution in [2.24, 2.45) is 0 Å². The van der Waals surface area contributed by atoms with E-state index in [0.717, 1.165) is 25.9 Å². The fraction of sp³-hybridized carbons (Fsp3) is 0.421. The van der Waals surface area contributed by atoms with Gasteiger partial charge in [-0.3, -0.25) is 4.79 Å². The lowest BCUT2D eigenvalue weighted by Crippen LogP contribution is -2.22. The highest BCUT2D eigenvalue weighted by molar-refractivity contribution is 7.12. The standard InChI is InChI=1S/C19H24N2OS.ClH/c1-13-8-16(14(2)23-13)4-3-5-19(22)21-10-15-6-7-17-11-20-12-18(17)9-15;/h6-9,20H,3-5,10-12H2,1-2H3,(H,21,22);1H. The number of carbonyl (C=O) groups excluding carboxylic acids is 1. The van der Waals surface area contributed by atoms with E-state index in [9.17, 15) is 4.79 Å². The predicted octanol–water partition coefficient (Wildman–Crippen LogP) is 4.03. The van der Waals surface area contributed by atoms with Gasteiger partial charge in [-0.1, -0.05) is 18.2 Å². The summed E-state index contributed by atoms with van der Waals surface area (Å²) in [5, 5.41) is 6.38. The molecule has 1 aromatic carbocycles. The average molecular weight is 365 g/mol. The molecular weight excluding hydrogens is 340 g/mol. The van der Waals surface area contributed by atoms with E-state index in [1.54, 1.807) is 0 Å². The largest absolute Gasteiger partial charge is 0.352 e. The number of fused-ring (bicyclic) bond motifs is 1. The molecule has 0 unspecified atom stereocenters. The molecule has 2 heterocycles. The molecule has 0 saturated heterocycles. The minimum Gasteiger partial charge on any atom is -0.352 e. The van der Waals surface area contributed by atoms with E-state index in [1.165, 1.54) is 32.0 Å².